The van der Waals surface area contributed by atoms with Crippen molar-refractivity contribution in [2.75, 3.05) is 0 Å². The Kier molecular flexibility index (Phi) is 3.61. The molecule has 0 atom stereocenters. The minimum Gasteiger partial charge on any atom is -0.207 e. The Morgan fingerprint density at radius 2 is 1.67 bits per heavy atom. The Balaban J connectivity index is 2.11. The molecule has 1 N–H and O–H groups in total. The normalized spacial score (nSPS) is 16.8. The van der Waals surface area contributed by atoms with Crippen LogP contribution in [0.3, 0.4) is 0 Å². The Hall–Kier alpha value is -0.730. The van der Waals surface area contributed by atoms with E-state index in [1.54, 1.807) is 0 Å². The van der Waals surface area contributed by atoms with Crippen LogP contribution in [0.4, 0.5) is 13.2 Å². The van der Waals surface area contributed by atoms with E-state index >= 15 is 0 Å². The first-order valence-electron chi connectivity index (χ1n) is 5.00. The molecule has 99 valence electrons. The molecule has 1 aromatic carbocycles. The van der Waals surface area contributed by atoms with E-state index in [-0.39, 0.29) is 21.6 Å². The predicted octanol–water partition coefficient (Wildman–Crippen LogP) is 2.90. The van der Waals surface area contributed by atoms with Gasteiger partial charge in [0.15, 0.2) is 0 Å². The zero-order valence-electron chi connectivity index (χ0n) is 8.99. The van der Waals surface area contributed by atoms with Crippen molar-refractivity contribution in [3.8, 4) is 0 Å². The lowest BCUT2D eigenvalue weighted by molar-refractivity contribution is -0.0328. The van der Waals surface area contributed by atoms with Gasteiger partial charge in [-0.15, -0.1) is 0 Å². The van der Waals surface area contributed by atoms with E-state index in [0.717, 1.165) is 31.0 Å². The van der Waals surface area contributed by atoms with E-state index in [4.69, 9.17) is 0 Å². The number of sulfonamides is 1. The van der Waals surface area contributed by atoms with Crippen molar-refractivity contribution in [2.24, 2.45) is 0 Å². The van der Waals surface area contributed by atoms with Crippen molar-refractivity contribution in [1.29, 1.82) is 0 Å². The van der Waals surface area contributed by atoms with Gasteiger partial charge in [-0.25, -0.2) is 13.1 Å². The molecule has 1 fully saturated rings. The fourth-order valence-corrected chi connectivity index (χ4v) is 2.97. The Labute approximate surface area is 107 Å². The number of hydrogen-bond donors (Lipinski definition) is 1. The van der Waals surface area contributed by atoms with Crippen LogP contribution in [0.1, 0.15) is 12.8 Å². The minimum atomic E-state index is -4.37. The summed E-state index contributed by atoms with van der Waals surface area (Å²) in [6.07, 6.45) is 1.45. The molecule has 1 aliphatic rings. The molecule has 0 saturated heterocycles. The summed E-state index contributed by atoms with van der Waals surface area (Å²) in [5, 5.41) is 0. The highest BCUT2D eigenvalue weighted by Crippen LogP contribution is 2.37. The molecular weight excluding hydrogens is 287 g/mol. The van der Waals surface area contributed by atoms with Crippen molar-refractivity contribution in [2.45, 2.75) is 28.1 Å². The van der Waals surface area contributed by atoms with E-state index in [2.05, 4.69) is 4.72 Å². The summed E-state index contributed by atoms with van der Waals surface area (Å²) >= 11 is -0.274. The van der Waals surface area contributed by atoms with E-state index in [1.165, 1.54) is 12.1 Å². The van der Waals surface area contributed by atoms with Gasteiger partial charge in [-0.3, -0.25) is 0 Å². The number of thioether (sulfide) groups is 1. The minimum absolute atomic E-state index is 0.0339. The molecule has 8 heteroatoms. The maximum atomic E-state index is 12.1. The first kappa shape index (κ1) is 13.7. The van der Waals surface area contributed by atoms with Gasteiger partial charge in [0.05, 0.1) is 10.9 Å². The monoisotopic (exact) mass is 296 g/mol. The van der Waals surface area contributed by atoms with Crippen LogP contribution in [0.2, 0.25) is 0 Å². The summed E-state index contributed by atoms with van der Waals surface area (Å²) < 4.78 is 62.1. The molecule has 1 saturated carbocycles. The molecule has 1 aromatic rings. The third-order valence-corrected chi connectivity index (χ3v) is 4.34. The van der Waals surface area contributed by atoms with Crippen LogP contribution < -0.4 is 4.72 Å². The summed E-state index contributed by atoms with van der Waals surface area (Å²) in [4.78, 5) is -0.0750. The molecule has 18 heavy (non-hydrogen) atoms. The van der Waals surface area contributed by atoms with E-state index in [0.29, 0.717) is 0 Å². The van der Waals surface area contributed by atoms with Crippen LogP contribution in [0, 0.1) is 6.04 Å². The zero-order valence-corrected chi connectivity index (χ0v) is 10.6. The molecule has 2 rings (SSSR count). The average molecular weight is 296 g/mol. The van der Waals surface area contributed by atoms with E-state index in [9.17, 15) is 21.6 Å². The smallest absolute Gasteiger partial charge is 0.207 e. The van der Waals surface area contributed by atoms with Crippen LogP contribution >= 0.6 is 11.8 Å². The topological polar surface area (TPSA) is 46.2 Å². The van der Waals surface area contributed by atoms with Crippen molar-refractivity contribution >= 4 is 21.8 Å². The van der Waals surface area contributed by atoms with Gasteiger partial charge in [-0.05, 0) is 48.9 Å². The predicted molar refractivity (Wildman–Crippen MR) is 61.2 cm³/mol. The number of hydrogen-bond acceptors (Lipinski definition) is 3. The van der Waals surface area contributed by atoms with E-state index in [1.807, 2.05) is 0 Å². The van der Waals surface area contributed by atoms with Gasteiger partial charge in [0, 0.05) is 4.90 Å². The average Bonchev–Trinajstić information content (AvgIpc) is 2.99. The second-order valence-corrected chi connectivity index (χ2v) is 6.55. The molecular formula is C10H9F3NO2S2. The largest absolute Gasteiger partial charge is 0.446 e. The van der Waals surface area contributed by atoms with Crippen LogP contribution in [-0.2, 0) is 10.0 Å². The van der Waals surface area contributed by atoms with Crippen molar-refractivity contribution in [1.82, 2.24) is 4.72 Å². The molecule has 0 amide bonds. The van der Waals surface area contributed by atoms with Gasteiger partial charge in [0.1, 0.15) is 0 Å². The summed E-state index contributed by atoms with van der Waals surface area (Å²) in [5.74, 6) is 0. The quantitative estimate of drug-likeness (QED) is 0.869. The standard InChI is InChI=1S/C10H9F3NO2S2/c11-10(12,13)17-8-3-5-9(6-4-8)18(15,16)14-7-1-2-7/h3-6,14H,1-2H2. The molecule has 1 radical (unpaired) electrons. The van der Waals surface area contributed by atoms with Gasteiger partial charge < -0.3 is 0 Å². The molecule has 0 aliphatic heterocycles. The fraction of sp³-hybridized carbons (Fsp3) is 0.300. The lowest BCUT2D eigenvalue weighted by Gasteiger charge is -2.07. The van der Waals surface area contributed by atoms with Gasteiger partial charge in [-0.2, -0.15) is 13.2 Å². The van der Waals surface area contributed by atoms with Gasteiger partial charge in [-0.1, -0.05) is 0 Å². The Morgan fingerprint density at radius 3 is 2.11 bits per heavy atom. The lowest BCUT2D eigenvalue weighted by atomic mass is 10.4. The van der Waals surface area contributed by atoms with Crippen molar-refractivity contribution in [3.05, 3.63) is 30.3 Å². The molecule has 0 unspecified atom stereocenters. The Morgan fingerprint density at radius 1 is 1.11 bits per heavy atom. The highest BCUT2D eigenvalue weighted by molar-refractivity contribution is 8.00. The van der Waals surface area contributed by atoms with Crippen LogP contribution in [0.25, 0.3) is 0 Å². The van der Waals surface area contributed by atoms with Gasteiger partial charge in [0.2, 0.25) is 10.0 Å². The summed E-state index contributed by atoms with van der Waals surface area (Å²) in [6, 6.07) is 5.34. The second kappa shape index (κ2) is 4.75. The number of nitrogens with one attached hydrogen (secondary N) is 1. The summed E-state index contributed by atoms with van der Waals surface area (Å²) in [7, 11) is -3.64. The number of alkyl halides is 3. The van der Waals surface area contributed by atoms with Crippen molar-refractivity contribution < 1.29 is 21.6 Å². The van der Waals surface area contributed by atoms with Crippen molar-refractivity contribution in [3.63, 3.8) is 0 Å². The summed E-state index contributed by atoms with van der Waals surface area (Å²) in [6.45, 7) is 0. The number of halogens is 3. The highest BCUT2D eigenvalue weighted by Gasteiger charge is 2.30. The highest BCUT2D eigenvalue weighted by atomic mass is 32.2. The first-order valence-corrected chi connectivity index (χ1v) is 7.29. The van der Waals surface area contributed by atoms with Crippen LogP contribution in [-0.4, -0.2) is 13.9 Å². The third kappa shape index (κ3) is 3.89. The number of rotatable bonds is 4. The SMILES string of the molecule is O=S(=O)(N[C]1CC1)c1ccc(SC(F)(F)F)cc1. The van der Waals surface area contributed by atoms with Gasteiger partial charge in [0.25, 0.3) is 0 Å². The molecule has 0 aromatic heterocycles. The fourth-order valence-electron chi connectivity index (χ4n) is 1.23. The Bertz CT molecular complexity index is 521. The first-order chi connectivity index (χ1) is 8.26. The van der Waals surface area contributed by atoms with Crippen LogP contribution in [0.5, 0.6) is 0 Å². The van der Waals surface area contributed by atoms with Crippen LogP contribution in [0.15, 0.2) is 34.1 Å². The van der Waals surface area contributed by atoms with Gasteiger partial charge >= 0.3 is 5.51 Å². The zero-order chi connectivity index (χ0) is 13.4. The van der Waals surface area contributed by atoms with E-state index < -0.39 is 15.5 Å². The molecule has 1 aliphatic carbocycles. The summed E-state index contributed by atoms with van der Waals surface area (Å²) in [5.41, 5.74) is -4.37. The second-order valence-electron chi connectivity index (χ2n) is 3.73. The number of benzene rings is 1. The lowest BCUT2D eigenvalue weighted by Crippen LogP contribution is -2.21. The molecule has 0 heterocycles. The third-order valence-electron chi connectivity index (χ3n) is 2.15. The molecule has 0 bridgehead atoms. The maximum Gasteiger partial charge on any atom is 0.446 e. The maximum absolute atomic E-state index is 12.1. The molecule has 3 nitrogen and oxygen atoms in total. The molecule has 0 spiro atoms.